The molecule has 5 nitrogen and oxygen atoms in total. The molecule has 0 aliphatic rings. The highest BCUT2D eigenvalue weighted by molar-refractivity contribution is 7.98. The molecule has 0 saturated carbocycles. The third kappa shape index (κ3) is 7.37. The van der Waals surface area contributed by atoms with Crippen LogP contribution in [0.1, 0.15) is 38.2 Å². The molecule has 34 heavy (non-hydrogen) atoms. The molecule has 0 radical (unpaired) electrons. The first kappa shape index (κ1) is 25.8. The molecule has 7 heteroatoms. The van der Waals surface area contributed by atoms with Crippen molar-refractivity contribution in [3.8, 4) is 0 Å². The number of amides is 1. The molecular formula is C27H32N2O3S2. The Balaban J connectivity index is 1.54. The molecule has 0 spiro atoms. The van der Waals surface area contributed by atoms with E-state index in [1.54, 1.807) is 36.0 Å². The standard InChI is InChI=1S/C27H32N2O3S2/c1-20-6-5-7-24(16-20)19-33-15-14-28-27(30)25-11-9-23(10-12-25)18-29(34(4,31)32)26-13-8-21(2)22(3)17-26/h5-13,16-17H,14-15,18-19H2,1-4H3,(H,28,30). The number of nitrogens with one attached hydrogen (secondary N) is 1. The monoisotopic (exact) mass is 496 g/mol. The summed E-state index contributed by atoms with van der Waals surface area (Å²) in [7, 11) is -3.46. The number of nitrogens with zero attached hydrogens (tertiary/aromatic N) is 1. The summed E-state index contributed by atoms with van der Waals surface area (Å²) < 4.78 is 26.3. The smallest absolute Gasteiger partial charge is 0.251 e. The van der Waals surface area contributed by atoms with Gasteiger partial charge in [0, 0.05) is 23.6 Å². The second kappa shape index (κ2) is 11.6. The van der Waals surface area contributed by atoms with E-state index in [4.69, 9.17) is 0 Å². The lowest BCUT2D eigenvalue weighted by atomic mass is 10.1. The summed E-state index contributed by atoms with van der Waals surface area (Å²) in [5.74, 6) is 1.62. The molecule has 0 bridgehead atoms. The van der Waals surface area contributed by atoms with Crippen LogP contribution in [-0.4, -0.2) is 32.9 Å². The highest BCUT2D eigenvalue weighted by Gasteiger charge is 2.18. The molecule has 0 aliphatic heterocycles. The van der Waals surface area contributed by atoms with Crippen LogP contribution in [0.25, 0.3) is 0 Å². The molecule has 0 atom stereocenters. The van der Waals surface area contributed by atoms with Crippen molar-refractivity contribution >= 4 is 33.4 Å². The van der Waals surface area contributed by atoms with Crippen molar-refractivity contribution in [2.45, 2.75) is 33.1 Å². The molecule has 1 amide bonds. The quantitative estimate of drug-likeness (QED) is 0.390. The predicted molar refractivity (Wildman–Crippen MR) is 143 cm³/mol. The fourth-order valence-corrected chi connectivity index (χ4v) is 5.22. The normalized spacial score (nSPS) is 11.3. The SMILES string of the molecule is Cc1cccc(CSCCNC(=O)c2ccc(CN(c3ccc(C)c(C)c3)S(C)(=O)=O)cc2)c1. The lowest BCUT2D eigenvalue weighted by molar-refractivity contribution is 0.0956. The number of rotatable bonds is 10. The van der Waals surface area contributed by atoms with Crippen LogP contribution in [0.15, 0.2) is 66.7 Å². The van der Waals surface area contributed by atoms with E-state index in [0.29, 0.717) is 17.8 Å². The number of sulfonamides is 1. The molecule has 180 valence electrons. The Bertz CT molecular complexity index is 1240. The molecule has 3 aromatic carbocycles. The van der Waals surface area contributed by atoms with Gasteiger partial charge in [0.05, 0.1) is 18.5 Å². The number of aryl methyl sites for hydroxylation is 3. The fourth-order valence-electron chi connectivity index (χ4n) is 3.54. The average molecular weight is 497 g/mol. The third-order valence-electron chi connectivity index (χ3n) is 5.60. The number of carbonyl (C=O) groups is 1. The van der Waals surface area contributed by atoms with E-state index < -0.39 is 10.0 Å². The van der Waals surface area contributed by atoms with Gasteiger partial charge in [-0.3, -0.25) is 9.10 Å². The molecule has 1 N–H and O–H groups in total. The maximum atomic E-state index is 12.5. The Kier molecular flexibility index (Phi) is 8.80. The zero-order valence-corrected chi connectivity index (χ0v) is 21.8. The van der Waals surface area contributed by atoms with Gasteiger partial charge in [-0.2, -0.15) is 11.8 Å². The van der Waals surface area contributed by atoms with Gasteiger partial charge in [0.25, 0.3) is 5.91 Å². The minimum atomic E-state index is -3.46. The molecular weight excluding hydrogens is 464 g/mol. The second-order valence-electron chi connectivity index (χ2n) is 8.53. The van der Waals surface area contributed by atoms with Crippen LogP contribution in [0.5, 0.6) is 0 Å². The molecule has 0 heterocycles. The van der Waals surface area contributed by atoms with Crippen molar-refractivity contribution in [2.24, 2.45) is 0 Å². The summed E-state index contributed by atoms with van der Waals surface area (Å²) in [6, 6.07) is 21.2. The maximum Gasteiger partial charge on any atom is 0.251 e. The van der Waals surface area contributed by atoms with Crippen LogP contribution < -0.4 is 9.62 Å². The summed E-state index contributed by atoms with van der Waals surface area (Å²) in [5.41, 5.74) is 6.70. The van der Waals surface area contributed by atoms with E-state index >= 15 is 0 Å². The van der Waals surface area contributed by atoms with Crippen molar-refractivity contribution in [3.05, 3.63) is 100 Å². The van der Waals surface area contributed by atoms with Crippen LogP contribution in [0.3, 0.4) is 0 Å². The van der Waals surface area contributed by atoms with E-state index in [2.05, 4.69) is 36.5 Å². The van der Waals surface area contributed by atoms with Crippen LogP contribution in [0.2, 0.25) is 0 Å². The van der Waals surface area contributed by atoms with Gasteiger partial charge in [0.1, 0.15) is 0 Å². The van der Waals surface area contributed by atoms with Gasteiger partial charge in [0.2, 0.25) is 10.0 Å². The lowest BCUT2D eigenvalue weighted by Gasteiger charge is -2.23. The highest BCUT2D eigenvalue weighted by Crippen LogP contribution is 2.23. The Morgan fingerprint density at radius 1 is 0.912 bits per heavy atom. The van der Waals surface area contributed by atoms with Gasteiger partial charge < -0.3 is 5.32 Å². The number of anilines is 1. The molecule has 0 fully saturated rings. The molecule has 0 aliphatic carbocycles. The molecule has 3 rings (SSSR count). The number of thioether (sulfide) groups is 1. The van der Waals surface area contributed by atoms with Gasteiger partial charge in [-0.05, 0) is 67.3 Å². The second-order valence-corrected chi connectivity index (χ2v) is 11.5. The van der Waals surface area contributed by atoms with Crippen LogP contribution in [-0.2, 0) is 22.3 Å². The van der Waals surface area contributed by atoms with Crippen LogP contribution in [0, 0.1) is 20.8 Å². The molecule has 0 aromatic heterocycles. The van der Waals surface area contributed by atoms with Gasteiger partial charge >= 0.3 is 0 Å². The predicted octanol–water partition coefficient (Wildman–Crippen LogP) is 5.24. The molecule has 3 aromatic rings. The van der Waals surface area contributed by atoms with Gasteiger partial charge in [0.15, 0.2) is 0 Å². The highest BCUT2D eigenvalue weighted by atomic mass is 32.2. The van der Waals surface area contributed by atoms with E-state index in [0.717, 1.165) is 28.2 Å². The Labute approximate surface area is 207 Å². The van der Waals surface area contributed by atoms with Crippen LogP contribution >= 0.6 is 11.8 Å². The van der Waals surface area contributed by atoms with Crippen molar-refractivity contribution in [3.63, 3.8) is 0 Å². The van der Waals surface area contributed by atoms with E-state index in [1.807, 2.05) is 32.0 Å². The average Bonchev–Trinajstić information content (AvgIpc) is 2.79. The minimum Gasteiger partial charge on any atom is -0.351 e. The number of carbonyl (C=O) groups excluding carboxylic acids is 1. The van der Waals surface area contributed by atoms with Gasteiger partial charge in [-0.15, -0.1) is 0 Å². The van der Waals surface area contributed by atoms with E-state index in [9.17, 15) is 13.2 Å². The lowest BCUT2D eigenvalue weighted by Crippen LogP contribution is -2.29. The van der Waals surface area contributed by atoms with Crippen molar-refractivity contribution < 1.29 is 13.2 Å². The summed E-state index contributed by atoms with van der Waals surface area (Å²) in [5, 5.41) is 2.95. The first-order valence-electron chi connectivity index (χ1n) is 11.2. The van der Waals surface area contributed by atoms with E-state index in [-0.39, 0.29) is 12.5 Å². The molecule has 0 saturated heterocycles. The first-order chi connectivity index (χ1) is 16.1. The summed E-state index contributed by atoms with van der Waals surface area (Å²) in [4.78, 5) is 12.5. The van der Waals surface area contributed by atoms with Crippen LogP contribution in [0.4, 0.5) is 5.69 Å². The first-order valence-corrected chi connectivity index (χ1v) is 14.2. The minimum absolute atomic E-state index is 0.128. The zero-order valence-electron chi connectivity index (χ0n) is 20.2. The number of hydrogen-bond acceptors (Lipinski definition) is 4. The Morgan fingerprint density at radius 3 is 2.29 bits per heavy atom. The topological polar surface area (TPSA) is 66.5 Å². The Hall–Kier alpha value is -2.77. The van der Waals surface area contributed by atoms with Crippen molar-refractivity contribution in [1.82, 2.24) is 5.32 Å². The number of hydrogen-bond donors (Lipinski definition) is 1. The summed E-state index contributed by atoms with van der Waals surface area (Å²) in [6.45, 7) is 6.84. The summed E-state index contributed by atoms with van der Waals surface area (Å²) >= 11 is 1.79. The fraction of sp³-hybridized carbons (Fsp3) is 0.296. The number of benzene rings is 3. The van der Waals surface area contributed by atoms with Gasteiger partial charge in [-0.1, -0.05) is 48.0 Å². The van der Waals surface area contributed by atoms with Crippen molar-refractivity contribution in [2.75, 3.05) is 22.9 Å². The molecule has 0 unspecified atom stereocenters. The zero-order chi connectivity index (χ0) is 24.7. The summed E-state index contributed by atoms with van der Waals surface area (Å²) in [6.07, 6.45) is 1.21. The maximum absolute atomic E-state index is 12.5. The van der Waals surface area contributed by atoms with Crippen molar-refractivity contribution in [1.29, 1.82) is 0 Å². The van der Waals surface area contributed by atoms with Gasteiger partial charge in [-0.25, -0.2) is 8.42 Å². The largest absolute Gasteiger partial charge is 0.351 e. The van der Waals surface area contributed by atoms with E-state index in [1.165, 1.54) is 21.7 Å². The Morgan fingerprint density at radius 2 is 1.65 bits per heavy atom. The third-order valence-corrected chi connectivity index (χ3v) is 7.78.